The van der Waals surface area contributed by atoms with Crippen LogP contribution < -0.4 is 0 Å². The van der Waals surface area contributed by atoms with Gasteiger partial charge in [-0.2, -0.15) is 0 Å². The number of aliphatic hydroxyl groups excluding tert-OH is 1. The fourth-order valence-corrected chi connectivity index (χ4v) is 2.44. The molecule has 0 aliphatic heterocycles. The Morgan fingerprint density at radius 1 is 0.750 bits per heavy atom. The zero-order valence-electron chi connectivity index (χ0n) is 13.7. The zero-order chi connectivity index (χ0) is 14.9. The van der Waals surface area contributed by atoms with Crippen LogP contribution in [-0.2, 0) is 4.74 Å². The van der Waals surface area contributed by atoms with Gasteiger partial charge in [0.05, 0.1) is 12.7 Å². The van der Waals surface area contributed by atoms with E-state index in [1.807, 2.05) is 0 Å². The third kappa shape index (κ3) is 17.9. The molecular weight excluding hydrogens is 248 g/mol. The summed E-state index contributed by atoms with van der Waals surface area (Å²) < 4.78 is 5.28. The maximum atomic E-state index is 8.92. The minimum absolute atomic E-state index is 0.373. The van der Waals surface area contributed by atoms with Crippen molar-refractivity contribution in [3.63, 3.8) is 0 Å². The smallest absolute Gasteiger partial charge is 0.0774 e. The van der Waals surface area contributed by atoms with Crippen LogP contribution in [0.25, 0.3) is 0 Å². The van der Waals surface area contributed by atoms with E-state index in [1.54, 1.807) is 0 Å². The van der Waals surface area contributed by atoms with Crippen molar-refractivity contribution in [3.05, 3.63) is 6.92 Å². The highest BCUT2D eigenvalue weighted by molar-refractivity contribution is 4.53. The molecule has 0 aliphatic carbocycles. The lowest BCUT2D eigenvalue weighted by Gasteiger charge is -2.06. The van der Waals surface area contributed by atoms with E-state index in [1.165, 1.54) is 77.0 Å². The number of hydrogen-bond donors (Lipinski definition) is 1. The average Bonchev–Trinajstić information content (AvgIpc) is 2.43. The van der Waals surface area contributed by atoms with Gasteiger partial charge in [-0.25, -0.2) is 0 Å². The predicted molar refractivity (Wildman–Crippen MR) is 87.9 cm³/mol. The Kier molecular flexibility index (Phi) is 16.9. The maximum absolute atomic E-state index is 8.92. The van der Waals surface area contributed by atoms with E-state index in [9.17, 15) is 0 Å². The summed E-state index contributed by atoms with van der Waals surface area (Å²) in [5, 5.41) is 8.92. The molecule has 2 nitrogen and oxygen atoms in total. The standard InChI is InChI=1S/C18H37O2/c1-3-4-5-6-7-8-9-10-11-12-13-14-15-16-20-17-18(2)19/h18-19H,2-17H2,1H3. The molecular formula is C18H37O2. The molecule has 121 valence electrons. The molecule has 0 fully saturated rings. The van der Waals surface area contributed by atoms with E-state index in [-0.39, 0.29) is 0 Å². The molecule has 0 spiro atoms. The van der Waals surface area contributed by atoms with Gasteiger partial charge >= 0.3 is 0 Å². The van der Waals surface area contributed by atoms with Gasteiger partial charge in [0.15, 0.2) is 0 Å². The predicted octanol–water partition coefficient (Wildman–Crippen LogP) is 5.29. The van der Waals surface area contributed by atoms with Crippen LogP contribution in [0.3, 0.4) is 0 Å². The molecule has 1 radical (unpaired) electrons. The SMILES string of the molecule is [CH2]C(O)COCCCCCCCCCCCCCCC. The van der Waals surface area contributed by atoms with Gasteiger partial charge in [-0.05, 0) is 13.3 Å². The maximum Gasteiger partial charge on any atom is 0.0774 e. The minimum atomic E-state index is -0.572. The monoisotopic (exact) mass is 285 g/mol. The highest BCUT2D eigenvalue weighted by Gasteiger charge is 1.96. The van der Waals surface area contributed by atoms with E-state index in [0.29, 0.717) is 6.61 Å². The van der Waals surface area contributed by atoms with Crippen molar-refractivity contribution < 1.29 is 9.84 Å². The van der Waals surface area contributed by atoms with Crippen LogP contribution in [0, 0.1) is 6.92 Å². The van der Waals surface area contributed by atoms with Gasteiger partial charge in [-0.3, -0.25) is 0 Å². The number of ether oxygens (including phenoxy) is 1. The van der Waals surface area contributed by atoms with E-state index in [4.69, 9.17) is 9.84 Å². The van der Waals surface area contributed by atoms with Crippen molar-refractivity contribution in [2.45, 2.75) is 96.5 Å². The van der Waals surface area contributed by atoms with Crippen LogP contribution in [0.5, 0.6) is 0 Å². The molecule has 2 heteroatoms. The van der Waals surface area contributed by atoms with E-state index in [0.717, 1.165) is 13.0 Å². The lowest BCUT2D eigenvalue weighted by molar-refractivity contribution is 0.0564. The zero-order valence-corrected chi connectivity index (χ0v) is 13.7. The van der Waals surface area contributed by atoms with E-state index in [2.05, 4.69) is 13.8 Å². The molecule has 1 atom stereocenters. The Labute approximate surface area is 127 Å². The van der Waals surface area contributed by atoms with Crippen LogP contribution in [0.15, 0.2) is 0 Å². The van der Waals surface area contributed by atoms with Gasteiger partial charge in [-0.15, -0.1) is 0 Å². The largest absolute Gasteiger partial charge is 0.391 e. The highest BCUT2D eigenvalue weighted by atomic mass is 16.5. The van der Waals surface area contributed by atoms with Crippen LogP contribution in [0.2, 0.25) is 0 Å². The molecule has 0 saturated heterocycles. The summed E-state index contributed by atoms with van der Waals surface area (Å²) in [7, 11) is 0. The first-order valence-electron chi connectivity index (χ1n) is 8.86. The molecule has 0 saturated carbocycles. The van der Waals surface area contributed by atoms with E-state index >= 15 is 0 Å². The molecule has 0 aromatic heterocycles. The normalized spacial score (nSPS) is 12.8. The Bertz CT molecular complexity index is 169. The minimum Gasteiger partial charge on any atom is -0.391 e. The summed E-state index contributed by atoms with van der Waals surface area (Å²) in [4.78, 5) is 0. The van der Waals surface area contributed by atoms with Crippen molar-refractivity contribution in [2.24, 2.45) is 0 Å². The van der Waals surface area contributed by atoms with Crippen molar-refractivity contribution >= 4 is 0 Å². The second-order valence-corrected chi connectivity index (χ2v) is 5.97. The van der Waals surface area contributed by atoms with Crippen LogP contribution in [0.1, 0.15) is 90.4 Å². The van der Waals surface area contributed by atoms with Gasteiger partial charge in [-0.1, -0.05) is 84.0 Å². The summed E-state index contributed by atoms with van der Waals surface area (Å²) in [5.41, 5.74) is 0. The Hall–Kier alpha value is -0.0800. The van der Waals surface area contributed by atoms with Crippen molar-refractivity contribution in [2.75, 3.05) is 13.2 Å². The molecule has 0 amide bonds. The summed E-state index contributed by atoms with van der Waals surface area (Å²) in [5.74, 6) is 0. The van der Waals surface area contributed by atoms with Gasteiger partial charge in [0, 0.05) is 6.61 Å². The van der Waals surface area contributed by atoms with Gasteiger partial charge in [0.25, 0.3) is 0 Å². The summed E-state index contributed by atoms with van der Waals surface area (Å²) in [6, 6.07) is 0. The summed E-state index contributed by atoms with van der Waals surface area (Å²) >= 11 is 0. The fourth-order valence-electron chi connectivity index (χ4n) is 2.44. The van der Waals surface area contributed by atoms with Crippen LogP contribution >= 0.6 is 0 Å². The molecule has 0 aromatic carbocycles. The molecule has 1 unspecified atom stereocenters. The number of aliphatic hydroxyl groups is 1. The van der Waals surface area contributed by atoms with E-state index < -0.39 is 6.10 Å². The Balaban J connectivity index is 2.92. The lowest BCUT2D eigenvalue weighted by atomic mass is 10.0. The fraction of sp³-hybridized carbons (Fsp3) is 0.944. The highest BCUT2D eigenvalue weighted by Crippen LogP contribution is 2.12. The summed E-state index contributed by atoms with van der Waals surface area (Å²) in [6.07, 6.45) is 17.2. The molecule has 0 rings (SSSR count). The number of hydrogen-bond acceptors (Lipinski definition) is 2. The quantitative estimate of drug-likeness (QED) is 0.390. The molecule has 0 aliphatic rings. The van der Waals surface area contributed by atoms with Gasteiger partial charge in [0.1, 0.15) is 0 Å². The first-order chi connectivity index (χ1) is 9.77. The van der Waals surface area contributed by atoms with Crippen molar-refractivity contribution in [1.29, 1.82) is 0 Å². The molecule has 1 N–H and O–H groups in total. The molecule has 0 heterocycles. The Morgan fingerprint density at radius 2 is 1.15 bits per heavy atom. The third-order valence-electron chi connectivity index (χ3n) is 3.70. The summed E-state index contributed by atoms with van der Waals surface area (Å²) in [6.45, 7) is 6.89. The first-order valence-corrected chi connectivity index (χ1v) is 8.86. The second kappa shape index (κ2) is 17.0. The lowest BCUT2D eigenvalue weighted by Crippen LogP contribution is -2.11. The molecule has 0 bridgehead atoms. The average molecular weight is 285 g/mol. The Morgan fingerprint density at radius 3 is 1.55 bits per heavy atom. The number of unbranched alkanes of at least 4 members (excludes halogenated alkanes) is 12. The van der Waals surface area contributed by atoms with Crippen molar-refractivity contribution in [1.82, 2.24) is 0 Å². The van der Waals surface area contributed by atoms with Crippen LogP contribution in [0.4, 0.5) is 0 Å². The first kappa shape index (κ1) is 19.9. The van der Waals surface area contributed by atoms with Gasteiger partial charge < -0.3 is 9.84 Å². The molecule has 0 aromatic rings. The van der Waals surface area contributed by atoms with Crippen molar-refractivity contribution in [3.8, 4) is 0 Å². The second-order valence-electron chi connectivity index (χ2n) is 5.97. The van der Waals surface area contributed by atoms with Gasteiger partial charge in [0.2, 0.25) is 0 Å². The topological polar surface area (TPSA) is 29.5 Å². The number of rotatable bonds is 16. The third-order valence-corrected chi connectivity index (χ3v) is 3.70. The van der Waals surface area contributed by atoms with Crippen LogP contribution in [-0.4, -0.2) is 24.4 Å². The molecule has 20 heavy (non-hydrogen) atoms.